The van der Waals surface area contributed by atoms with E-state index in [1.807, 2.05) is 6.07 Å². The van der Waals surface area contributed by atoms with Crippen molar-refractivity contribution in [3.8, 4) is 0 Å². The average molecular weight is 216 g/mol. The van der Waals surface area contributed by atoms with Gasteiger partial charge in [0, 0.05) is 12.3 Å². The van der Waals surface area contributed by atoms with Gasteiger partial charge in [-0.1, -0.05) is 44.2 Å². The van der Waals surface area contributed by atoms with Gasteiger partial charge in [-0.25, -0.2) is 0 Å². The summed E-state index contributed by atoms with van der Waals surface area (Å²) in [7, 11) is 0. The smallest absolute Gasteiger partial charge is 0.136 e. The average Bonchev–Trinajstić information content (AvgIpc) is 2.62. The van der Waals surface area contributed by atoms with E-state index in [4.69, 9.17) is 0 Å². The van der Waals surface area contributed by atoms with Gasteiger partial charge in [0.05, 0.1) is 0 Å². The van der Waals surface area contributed by atoms with Crippen LogP contribution in [0, 0.1) is 17.8 Å². The van der Waals surface area contributed by atoms with Crippen molar-refractivity contribution in [2.45, 2.75) is 33.1 Å². The lowest BCUT2D eigenvalue weighted by Crippen LogP contribution is -2.21. The van der Waals surface area contributed by atoms with Crippen molar-refractivity contribution in [3.63, 3.8) is 0 Å². The molecule has 0 heterocycles. The summed E-state index contributed by atoms with van der Waals surface area (Å²) in [6.07, 6.45) is 2.82. The zero-order valence-corrected chi connectivity index (χ0v) is 10.1. The van der Waals surface area contributed by atoms with Crippen LogP contribution in [0.3, 0.4) is 0 Å². The normalized spacial score (nSPS) is 25.3. The minimum absolute atomic E-state index is 0.266. The topological polar surface area (TPSA) is 17.1 Å². The molecule has 0 saturated heterocycles. The molecule has 1 aliphatic carbocycles. The molecule has 1 aromatic carbocycles. The van der Waals surface area contributed by atoms with Crippen molar-refractivity contribution in [1.29, 1.82) is 0 Å². The number of benzene rings is 1. The Morgan fingerprint density at radius 2 is 1.94 bits per heavy atom. The fourth-order valence-corrected chi connectivity index (χ4v) is 2.87. The first-order valence-electron chi connectivity index (χ1n) is 6.25. The molecule has 2 unspecified atom stereocenters. The van der Waals surface area contributed by atoms with Crippen molar-refractivity contribution >= 4 is 5.78 Å². The molecule has 0 amide bonds. The predicted molar refractivity (Wildman–Crippen MR) is 66.2 cm³/mol. The summed E-state index contributed by atoms with van der Waals surface area (Å²) < 4.78 is 0. The molecule has 1 saturated carbocycles. The first kappa shape index (κ1) is 11.4. The lowest BCUT2D eigenvalue weighted by molar-refractivity contribution is -0.121. The number of Topliss-reactive ketones (excluding diaryl/α,β-unsaturated/α-hetero) is 1. The Hall–Kier alpha value is -1.11. The summed E-state index contributed by atoms with van der Waals surface area (Å²) in [5, 5.41) is 0. The molecule has 1 aromatic rings. The summed E-state index contributed by atoms with van der Waals surface area (Å²) in [5.41, 5.74) is 1.30. The van der Waals surface area contributed by atoms with Gasteiger partial charge in [-0.05, 0) is 30.2 Å². The minimum atomic E-state index is 0.266. The number of hydrogen-bond acceptors (Lipinski definition) is 1. The van der Waals surface area contributed by atoms with Gasteiger partial charge in [0.15, 0.2) is 0 Å². The predicted octanol–water partition coefficient (Wildman–Crippen LogP) is 3.48. The highest BCUT2D eigenvalue weighted by molar-refractivity contribution is 5.83. The van der Waals surface area contributed by atoms with Crippen molar-refractivity contribution in [1.82, 2.24) is 0 Å². The third-order valence-corrected chi connectivity index (χ3v) is 3.81. The largest absolute Gasteiger partial charge is 0.299 e. The molecule has 1 fully saturated rings. The summed E-state index contributed by atoms with van der Waals surface area (Å²) in [6, 6.07) is 10.4. The van der Waals surface area contributed by atoms with E-state index in [0.717, 1.165) is 19.3 Å². The summed E-state index contributed by atoms with van der Waals surface area (Å²) in [6.45, 7) is 4.47. The zero-order valence-electron chi connectivity index (χ0n) is 10.1. The maximum absolute atomic E-state index is 11.9. The fraction of sp³-hybridized carbons (Fsp3) is 0.533. The van der Waals surface area contributed by atoms with Crippen LogP contribution in [-0.2, 0) is 11.2 Å². The van der Waals surface area contributed by atoms with Gasteiger partial charge in [0.1, 0.15) is 5.78 Å². The summed E-state index contributed by atoms with van der Waals surface area (Å²) in [5.74, 6) is 1.96. The Kier molecular flexibility index (Phi) is 3.42. The molecular formula is C15H20O. The number of carbonyl (C=O) groups excluding carboxylic acids is 1. The van der Waals surface area contributed by atoms with Crippen LogP contribution < -0.4 is 0 Å². The van der Waals surface area contributed by atoms with Crippen LogP contribution in [0.15, 0.2) is 30.3 Å². The molecule has 0 aromatic heterocycles. The van der Waals surface area contributed by atoms with Crippen molar-refractivity contribution < 1.29 is 4.79 Å². The second-order valence-electron chi connectivity index (χ2n) is 5.21. The Morgan fingerprint density at radius 3 is 2.56 bits per heavy atom. The molecule has 1 heteroatoms. The Bertz CT molecular complexity index is 353. The summed E-state index contributed by atoms with van der Waals surface area (Å²) in [4.78, 5) is 11.9. The van der Waals surface area contributed by atoms with Crippen LogP contribution in [0.5, 0.6) is 0 Å². The van der Waals surface area contributed by atoms with E-state index in [0.29, 0.717) is 17.6 Å². The molecule has 1 aliphatic rings. The minimum Gasteiger partial charge on any atom is -0.299 e. The second-order valence-corrected chi connectivity index (χ2v) is 5.21. The van der Waals surface area contributed by atoms with E-state index in [-0.39, 0.29) is 5.92 Å². The summed E-state index contributed by atoms with van der Waals surface area (Å²) >= 11 is 0. The van der Waals surface area contributed by atoms with E-state index in [1.54, 1.807) is 0 Å². The molecule has 1 nitrogen and oxygen atoms in total. The number of carbonyl (C=O) groups is 1. The monoisotopic (exact) mass is 216 g/mol. The maximum Gasteiger partial charge on any atom is 0.136 e. The third kappa shape index (κ3) is 2.34. The maximum atomic E-state index is 11.9. The highest BCUT2D eigenvalue weighted by Gasteiger charge is 2.35. The van der Waals surface area contributed by atoms with E-state index in [9.17, 15) is 4.79 Å². The molecule has 0 N–H and O–H groups in total. The van der Waals surface area contributed by atoms with Crippen molar-refractivity contribution in [3.05, 3.63) is 35.9 Å². The highest BCUT2D eigenvalue weighted by atomic mass is 16.1. The van der Waals surface area contributed by atoms with Gasteiger partial charge in [0.2, 0.25) is 0 Å². The van der Waals surface area contributed by atoms with Gasteiger partial charge in [-0.15, -0.1) is 0 Å². The SMILES string of the molecule is CC(C)C1CCC(=O)C1Cc1ccccc1. The molecule has 2 atom stereocenters. The fourth-order valence-electron chi connectivity index (χ4n) is 2.87. The van der Waals surface area contributed by atoms with Gasteiger partial charge >= 0.3 is 0 Å². The van der Waals surface area contributed by atoms with Crippen LogP contribution in [0.4, 0.5) is 0 Å². The van der Waals surface area contributed by atoms with Crippen molar-refractivity contribution in [2.75, 3.05) is 0 Å². The van der Waals surface area contributed by atoms with E-state index < -0.39 is 0 Å². The Morgan fingerprint density at radius 1 is 1.25 bits per heavy atom. The Balaban J connectivity index is 2.10. The van der Waals surface area contributed by atoms with E-state index in [2.05, 4.69) is 38.1 Å². The molecule has 86 valence electrons. The van der Waals surface area contributed by atoms with Gasteiger partial charge in [-0.3, -0.25) is 4.79 Å². The molecular weight excluding hydrogens is 196 g/mol. The van der Waals surface area contributed by atoms with Crippen molar-refractivity contribution in [2.24, 2.45) is 17.8 Å². The van der Waals surface area contributed by atoms with Gasteiger partial charge < -0.3 is 0 Å². The standard InChI is InChI=1S/C15H20O/c1-11(2)13-8-9-15(16)14(13)10-12-6-4-3-5-7-12/h3-7,11,13-14H,8-10H2,1-2H3. The highest BCUT2D eigenvalue weighted by Crippen LogP contribution is 2.36. The number of ketones is 1. The van der Waals surface area contributed by atoms with Crippen LogP contribution >= 0.6 is 0 Å². The van der Waals surface area contributed by atoms with Crippen LogP contribution in [0.2, 0.25) is 0 Å². The number of rotatable bonds is 3. The van der Waals surface area contributed by atoms with Gasteiger partial charge in [0.25, 0.3) is 0 Å². The molecule has 0 radical (unpaired) electrons. The van der Waals surface area contributed by atoms with Crippen LogP contribution in [0.1, 0.15) is 32.3 Å². The lowest BCUT2D eigenvalue weighted by atomic mass is 9.82. The van der Waals surface area contributed by atoms with E-state index >= 15 is 0 Å². The molecule has 16 heavy (non-hydrogen) atoms. The number of hydrogen-bond donors (Lipinski definition) is 0. The molecule has 0 aliphatic heterocycles. The second kappa shape index (κ2) is 4.82. The first-order chi connectivity index (χ1) is 7.68. The third-order valence-electron chi connectivity index (χ3n) is 3.81. The van der Waals surface area contributed by atoms with Crippen LogP contribution in [0.25, 0.3) is 0 Å². The Labute approximate surface area is 97.9 Å². The van der Waals surface area contributed by atoms with Gasteiger partial charge in [-0.2, -0.15) is 0 Å². The first-order valence-corrected chi connectivity index (χ1v) is 6.25. The molecule has 0 bridgehead atoms. The molecule has 2 rings (SSSR count). The zero-order chi connectivity index (χ0) is 11.5. The van der Waals surface area contributed by atoms with E-state index in [1.165, 1.54) is 5.56 Å². The lowest BCUT2D eigenvalue weighted by Gasteiger charge is -2.21. The molecule has 0 spiro atoms. The van der Waals surface area contributed by atoms with Crippen LogP contribution in [-0.4, -0.2) is 5.78 Å². The quantitative estimate of drug-likeness (QED) is 0.756.